The summed E-state index contributed by atoms with van der Waals surface area (Å²) in [7, 11) is 0. The topological polar surface area (TPSA) is 83.0 Å². The molecule has 3 aromatic rings. The maximum Gasteiger partial charge on any atom is 0.302 e. The van der Waals surface area contributed by atoms with Crippen LogP contribution >= 0.6 is 0 Å². The first-order chi connectivity index (χ1) is 11.5. The van der Waals surface area contributed by atoms with Gasteiger partial charge in [0, 0.05) is 25.3 Å². The number of hydrogen-bond acceptors (Lipinski definition) is 5. The summed E-state index contributed by atoms with van der Waals surface area (Å²) in [6, 6.07) is 7.94. The molecular formula is C18H22N4O2. The van der Waals surface area contributed by atoms with Gasteiger partial charge in [0.2, 0.25) is 0 Å². The molecule has 0 amide bonds. The Morgan fingerprint density at radius 1 is 1.29 bits per heavy atom. The lowest BCUT2D eigenvalue weighted by Gasteiger charge is -2.13. The highest BCUT2D eigenvalue weighted by Crippen LogP contribution is 2.29. The summed E-state index contributed by atoms with van der Waals surface area (Å²) in [6.45, 7) is 6.86. The highest BCUT2D eigenvalue weighted by molar-refractivity contribution is 6.06. The van der Waals surface area contributed by atoms with Crippen LogP contribution in [0.1, 0.15) is 26.6 Å². The molecular weight excluding hydrogens is 304 g/mol. The van der Waals surface area contributed by atoms with E-state index in [0.717, 1.165) is 28.8 Å². The molecule has 0 bridgehead atoms. The first-order valence-electron chi connectivity index (χ1n) is 8.14. The Morgan fingerprint density at radius 3 is 2.75 bits per heavy atom. The van der Waals surface area contributed by atoms with Crippen LogP contribution in [0.4, 0.5) is 5.82 Å². The first kappa shape index (κ1) is 16.2. The van der Waals surface area contributed by atoms with Crippen LogP contribution in [0.2, 0.25) is 0 Å². The van der Waals surface area contributed by atoms with Crippen LogP contribution in [0.3, 0.4) is 0 Å². The van der Waals surface area contributed by atoms with Crippen molar-refractivity contribution in [2.45, 2.75) is 33.7 Å². The molecule has 0 saturated carbocycles. The second-order valence-corrected chi connectivity index (χ2v) is 6.33. The molecule has 0 atom stereocenters. The number of anilines is 1. The largest absolute Gasteiger partial charge is 0.465 e. The van der Waals surface area contributed by atoms with E-state index in [4.69, 9.17) is 15.5 Å². The first-order valence-corrected chi connectivity index (χ1v) is 8.14. The van der Waals surface area contributed by atoms with Crippen LogP contribution < -0.4 is 5.73 Å². The molecule has 6 heteroatoms. The van der Waals surface area contributed by atoms with E-state index in [2.05, 4.69) is 23.4 Å². The molecule has 2 heterocycles. The van der Waals surface area contributed by atoms with Crippen molar-refractivity contribution in [1.29, 1.82) is 0 Å². The Morgan fingerprint density at radius 2 is 2.04 bits per heavy atom. The van der Waals surface area contributed by atoms with E-state index >= 15 is 0 Å². The van der Waals surface area contributed by atoms with E-state index in [0.29, 0.717) is 30.3 Å². The van der Waals surface area contributed by atoms with Crippen molar-refractivity contribution in [1.82, 2.24) is 14.5 Å². The van der Waals surface area contributed by atoms with Gasteiger partial charge in [0.05, 0.1) is 17.6 Å². The Balaban J connectivity index is 2.18. The number of ether oxygens (including phenoxy) is 1. The van der Waals surface area contributed by atoms with Crippen LogP contribution in [-0.4, -0.2) is 27.1 Å². The van der Waals surface area contributed by atoms with Gasteiger partial charge in [-0.25, -0.2) is 9.97 Å². The fourth-order valence-electron chi connectivity index (χ4n) is 2.94. The summed E-state index contributed by atoms with van der Waals surface area (Å²) in [4.78, 5) is 20.2. The highest BCUT2D eigenvalue weighted by atomic mass is 16.5. The summed E-state index contributed by atoms with van der Waals surface area (Å²) in [6.07, 6.45) is 0.550. The minimum Gasteiger partial charge on any atom is -0.465 e. The maximum absolute atomic E-state index is 11.0. The summed E-state index contributed by atoms with van der Waals surface area (Å²) < 4.78 is 7.26. The Hall–Kier alpha value is -2.63. The minimum absolute atomic E-state index is 0.284. The van der Waals surface area contributed by atoms with Crippen LogP contribution in [0.5, 0.6) is 0 Å². The number of nitrogen functional groups attached to an aromatic ring is 1. The van der Waals surface area contributed by atoms with E-state index in [1.165, 1.54) is 6.92 Å². The van der Waals surface area contributed by atoms with Crippen molar-refractivity contribution in [2.75, 3.05) is 12.3 Å². The smallest absolute Gasteiger partial charge is 0.302 e. The van der Waals surface area contributed by atoms with Crippen molar-refractivity contribution in [2.24, 2.45) is 5.92 Å². The van der Waals surface area contributed by atoms with E-state index < -0.39 is 0 Å². The van der Waals surface area contributed by atoms with Crippen molar-refractivity contribution in [3.05, 3.63) is 30.1 Å². The maximum atomic E-state index is 11.0. The average Bonchev–Trinajstić information content (AvgIpc) is 2.86. The number of rotatable bonds is 5. The van der Waals surface area contributed by atoms with Gasteiger partial charge in [0.1, 0.15) is 11.3 Å². The van der Waals surface area contributed by atoms with Gasteiger partial charge in [-0.05, 0) is 12.0 Å². The fourth-order valence-corrected chi connectivity index (χ4v) is 2.94. The second-order valence-electron chi connectivity index (χ2n) is 6.33. The average molecular weight is 326 g/mol. The molecule has 0 unspecified atom stereocenters. The molecule has 24 heavy (non-hydrogen) atoms. The fraction of sp³-hybridized carbons (Fsp3) is 0.389. The Bertz CT molecular complexity index is 899. The lowest BCUT2D eigenvalue weighted by molar-refractivity contribution is -0.140. The number of hydrogen-bond donors (Lipinski definition) is 1. The number of fused-ring (bicyclic) bond motifs is 3. The molecule has 0 saturated heterocycles. The molecule has 0 fully saturated rings. The lowest BCUT2D eigenvalue weighted by atomic mass is 10.1. The number of carbonyl (C=O) groups is 1. The van der Waals surface area contributed by atoms with Gasteiger partial charge < -0.3 is 15.0 Å². The van der Waals surface area contributed by atoms with E-state index in [1.807, 2.05) is 24.3 Å². The SMILES string of the molecule is CC(=O)OCCc1nc2c(N)nc3ccccc3c2n1CC(C)C. The van der Waals surface area contributed by atoms with E-state index in [9.17, 15) is 4.79 Å². The Kier molecular flexibility index (Phi) is 4.38. The van der Waals surface area contributed by atoms with Crippen molar-refractivity contribution in [3.8, 4) is 0 Å². The lowest BCUT2D eigenvalue weighted by Crippen LogP contribution is -2.12. The van der Waals surface area contributed by atoms with Crippen LogP contribution in [0, 0.1) is 5.92 Å². The minimum atomic E-state index is -0.284. The number of aromatic nitrogens is 3. The molecule has 0 aliphatic carbocycles. The molecule has 0 radical (unpaired) electrons. The molecule has 6 nitrogen and oxygen atoms in total. The number of para-hydroxylation sites is 1. The number of pyridine rings is 1. The third kappa shape index (κ3) is 3.04. The number of esters is 1. The summed E-state index contributed by atoms with van der Waals surface area (Å²) in [5.74, 6) is 1.46. The molecule has 126 valence electrons. The third-order valence-electron chi connectivity index (χ3n) is 3.87. The second kappa shape index (κ2) is 6.47. The van der Waals surface area contributed by atoms with Crippen LogP contribution in [0.15, 0.2) is 24.3 Å². The highest BCUT2D eigenvalue weighted by Gasteiger charge is 2.17. The van der Waals surface area contributed by atoms with Gasteiger partial charge in [-0.15, -0.1) is 0 Å². The number of imidazole rings is 1. The molecule has 0 aliphatic rings. The predicted molar refractivity (Wildman–Crippen MR) is 94.6 cm³/mol. The van der Waals surface area contributed by atoms with Crippen LogP contribution in [-0.2, 0) is 22.5 Å². The zero-order valence-electron chi connectivity index (χ0n) is 14.2. The quantitative estimate of drug-likeness (QED) is 0.729. The standard InChI is InChI=1S/C18H22N4O2/c1-11(2)10-22-15(8-9-24-12(3)23)21-16-17(22)13-6-4-5-7-14(13)20-18(16)19/h4-7,11H,8-10H2,1-3H3,(H2,19,20). The molecule has 0 aliphatic heterocycles. The van der Waals surface area contributed by atoms with Gasteiger partial charge in [0.15, 0.2) is 5.82 Å². The van der Waals surface area contributed by atoms with Crippen molar-refractivity contribution < 1.29 is 9.53 Å². The van der Waals surface area contributed by atoms with Gasteiger partial charge in [-0.2, -0.15) is 0 Å². The van der Waals surface area contributed by atoms with Gasteiger partial charge >= 0.3 is 5.97 Å². The van der Waals surface area contributed by atoms with E-state index in [1.54, 1.807) is 0 Å². The molecule has 2 aromatic heterocycles. The van der Waals surface area contributed by atoms with Crippen molar-refractivity contribution >= 4 is 33.7 Å². The predicted octanol–water partition coefficient (Wildman–Crippen LogP) is 2.93. The zero-order chi connectivity index (χ0) is 17.3. The van der Waals surface area contributed by atoms with Gasteiger partial charge in [0.25, 0.3) is 0 Å². The number of nitrogens with two attached hydrogens (primary N) is 1. The van der Waals surface area contributed by atoms with Crippen LogP contribution in [0.25, 0.3) is 21.9 Å². The number of carbonyl (C=O) groups excluding carboxylic acids is 1. The molecule has 2 N–H and O–H groups in total. The summed E-state index contributed by atoms with van der Waals surface area (Å²) in [5, 5.41) is 1.04. The Labute approximate surface area is 140 Å². The third-order valence-corrected chi connectivity index (χ3v) is 3.87. The molecule has 3 rings (SSSR count). The van der Waals surface area contributed by atoms with E-state index in [-0.39, 0.29) is 5.97 Å². The summed E-state index contributed by atoms with van der Waals surface area (Å²) in [5.41, 5.74) is 8.72. The summed E-state index contributed by atoms with van der Waals surface area (Å²) >= 11 is 0. The molecule has 0 spiro atoms. The number of nitrogens with zero attached hydrogens (tertiary/aromatic N) is 3. The van der Waals surface area contributed by atoms with Gasteiger partial charge in [-0.1, -0.05) is 32.0 Å². The van der Waals surface area contributed by atoms with Crippen molar-refractivity contribution in [3.63, 3.8) is 0 Å². The van der Waals surface area contributed by atoms with Gasteiger partial charge in [-0.3, -0.25) is 4.79 Å². The zero-order valence-corrected chi connectivity index (χ0v) is 14.2. The number of benzene rings is 1. The normalized spacial score (nSPS) is 11.5. The molecule has 1 aromatic carbocycles. The monoisotopic (exact) mass is 326 g/mol.